The van der Waals surface area contributed by atoms with Crippen molar-refractivity contribution in [1.29, 1.82) is 0 Å². The van der Waals surface area contributed by atoms with Crippen molar-refractivity contribution in [3.8, 4) is 0 Å². The molecule has 2 aromatic heterocycles. The number of nitrogens with one attached hydrogen (secondary N) is 1. The van der Waals surface area contributed by atoms with Crippen LogP contribution in [-0.2, 0) is 17.9 Å². The van der Waals surface area contributed by atoms with Crippen LogP contribution >= 0.6 is 0 Å². The Morgan fingerprint density at radius 1 is 1.29 bits per heavy atom. The van der Waals surface area contributed by atoms with Crippen molar-refractivity contribution in [1.82, 2.24) is 24.6 Å². The molecule has 0 saturated carbocycles. The van der Waals surface area contributed by atoms with Crippen molar-refractivity contribution in [3.05, 3.63) is 49.2 Å². The van der Waals surface area contributed by atoms with Crippen LogP contribution < -0.4 is 5.32 Å². The van der Waals surface area contributed by atoms with Gasteiger partial charge in [0.05, 0.1) is 17.9 Å². The van der Waals surface area contributed by atoms with Gasteiger partial charge in [-0.1, -0.05) is 39.0 Å². The molecule has 24 heavy (non-hydrogen) atoms. The molecule has 0 aliphatic rings. The molecule has 1 amide bonds. The molecule has 0 spiro atoms. The standard InChI is InChI=1S/C18H23N5O/c1-18(2,3)16(11-22-9-8-19-13-22)20-17(24)12-23-10-14-6-4-5-7-15(14)21-23/h4-10,13,16H,11-12H2,1-3H3,(H,20,24)/t16-/m0/s1. The van der Waals surface area contributed by atoms with Gasteiger partial charge in [-0.2, -0.15) is 5.10 Å². The Hall–Kier alpha value is -2.63. The average Bonchev–Trinajstić information content (AvgIpc) is 3.13. The summed E-state index contributed by atoms with van der Waals surface area (Å²) < 4.78 is 3.68. The Morgan fingerprint density at radius 3 is 2.75 bits per heavy atom. The van der Waals surface area contributed by atoms with Crippen LogP contribution in [0.25, 0.3) is 10.9 Å². The van der Waals surface area contributed by atoms with E-state index in [4.69, 9.17) is 0 Å². The molecule has 0 aliphatic carbocycles. The van der Waals surface area contributed by atoms with Crippen LogP contribution in [-0.4, -0.2) is 31.3 Å². The first kappa shape index (κ1) is 16.2. The quantitative estimate of drug-likeness (QED) is 0.784. The number of rotatable bonds is 5. The summed E-state index contributed by atoms with van der Waals surface area (Å²) in [5.74, 6) is -0.0390. The number of aromatic nitrogens is 4. The minimum Gasteiger partial charge on any atom is -0.349 e. The molecule has 6 heteroatoms. The molecule has 0 saturated heterocycles. The van der Waals surface area contributed by atoms with Crippen LogP contribution in [0.2, 0.25) is 0 Å². The lowest BCUT2D eigenvalue weighted by Gasteiger charge is -2.31. The lowest BCUT2D eigenvalue weighted by atomic mass is 9.86. The number of imidazole rings is 1. The van der Waals surface area contributed by atoms with Crippen LogP contribution in [0.4, 0.5) is 0 Å². The van der Waals surface area contributed by atoms with Crippen LogP contribution in [0, 0.1) is 5.41 Å². The van der Waals surface area contributed by atoms with Crippen molar-refractivity contribution in [3.63, 3.8) is 0 Å². The number of amides is 1. The van der Waals surface area contributed by atoms with Crippen molar-refractivity contribution in [2.45, 2.75) is 39.9 Å². The minimum absolute atomic E-state index is 0.00387. The van der Waals surface area contributed by atoms with Gasteiger partial charge in [0.25, 0.3) is 0 Å². The zero-order valence-electron chi connectivity index (χ0n) is 14.3. The molecule has 6 nitrogen and oxygen atoms in total. The van der Waals surface area contributed by atoms with E-state index in [2.05, 4.69) is 36.2 Å². The van der Waals surface area contributed by atoms with E-state index in [1.807, 2.05) is 41.2 Å². The number of nitrogens with zero attached hydrogens (tertiary/aromatic N) is 4. The molecule has 0 radical (unpaired) electrons. The Bertz CT molecular complexity index is 780. The van der Waals surface area contributed by atoms with Crippen molar-refractivity contribution in [2.24, 2.45) is 5.41 Å². The third-order valence-electron chi connectivity index (χ3n) is 4.10. The lowest BCUT2D eigenvalue weighted by Crippen LogP contribution is -2.47. The first-order valence-corrected chi connectivity index (χ1v) is 8.09. The second kappa shape index (κ2) is 6.47. The van der Waals surface area contributed by atoms with Gasteiger partial charge in [0.15, 0.2) is 0 Å². The van der Waals surface area contributed by atoms with E-state index in [0.29, 0.717) is 6.54 Å². The fourth-order valence-corrected chi connectivity index (χ4v) is 2.63. The maximum absolute atomic E-state index is 12.5. The molecular weight excluding hydrogens is 302 g/mol. The summed E-state index contributed by atoms with van der Waals surface area (Å²) in [5.41, 5.74) is 0.838. The molecule has 2 heterocycles. The van der Waals surface area contributed by atoms with Crippen LogP contribution in [0.1, 0.15) is 20.8 Å². The Kier molecular flexibility index (Phi) is 4.38. The monoisotopic (exact) mass is 325 g/mol. The molecule has 0 aliphatic heterocycles. The fraction of sp³-hybridized carbons (Fsp3) is 0.389. The first-order valence-electron chi connectivity index (χ1n) is 8.09. The molecule has 126 valence electrons. The van der Waals surface area contributed by atoms with E-state index in [-0.39, 0.29) is 23.9 Å². The Balaban J connectivity index is 1.68. The Morgan fingerprint density at radius 2 is 2.08 bits per heavy atom. The number of benzene rings is 1. The smallest absolute Gasteiger partial charge is 0.242 e. The van der Waals surface area contributed by atoms with Crippen molar-refractivity contribution < 1.29 is 4.79 Å². The molecule has 1 atom stereocenters. The highest BCUT2D eigenvalue weighted by atomic mass is 16.2. The normalized spacial score (nSPS) is 13.1. The van der Waals surface area contributed by atoms with E-state index in [1.54, 1.807) is 17.2 Å². The van der Waals surface area contributed by atoms with Gasteiger partial charge in [0.2, 0.25) is 5.91 Å². The van der Waals surface area contributed by atoms with E-state index in [0.717, 1.165) is 10.9 Å². The van der Waals surface area contributed by atoms with E-state index >= 15 is 0 Å². The second-order valence-electron chi connectivity index (χ2n) is 7.13. The first-order chi connectivity index (χ1) is 11.4. The molecule has 0 unspecified atom stereocenters. The predicted octanol–water partition coefficient (Wildman–Crippen LogP) is 2.46. The third-order valence-corrected chi connectivity index (χ3v) is 4.10. The average molecular weight is 325 g/mol. The van der Waals surface area contributed by atoms with Crippen LogP contribution in [0.3, 0.4) is 0 Å². The number of carbonyl (C=O) groups excluding carboxylic acids is 1. The SMILES string of the molecule is CC(C)(C)[C@H](Cn1ccnc1)NC(=O)Cn1cc2ccccc2n1. The molecule has 3 rings (SSSR count). The van der Waals surface area contributed by atoms with Gasteiger partial charge < -0.3 is 9.88 Å². The summed E-state index contributed by atoms with van der Waals surface area (Å²) in [6.07, 6.45) is 7.32. The topological polar surface area (TPSA) is 64.7 Å². The largest absolute Gasteiger partial charge is 0.349 e. The number of hydrogen-bond acceptors (Lipinski definition) is 3. The molecule has 0 bridgehead atoms. The van der Waals surface area contributed by atoms with Gasteiger partial charge in [-0.25, -0.2) is 4.98 Å². The highest BCUT2D eigenvalue weighted by Crippen LogP contribution is 2.21. The molecule has 0 fully saturated rings. The molecule has 1 N–H and O–H groups in total. The zero-order chi connectivity index (χ0) is 17.2. The highest BCUT2D eigenvalue weighted by Gasteiger charge is 2.26. The van der Waals surface area contributed by atoms with Gasteiger partial charge >= 0.3 is 0 Å². The summed E-state index contributed by atoms with van der Waals surface area (Å²) in [4.78, 5) is 16.5. The van der Waals surface area contributed by atoms with Gasteiger partial charge in [-0.3, -0.25) is 9.48 Å². The van der Waals surface area contributed by atoms with Gasteiger partial charge in [0, 0.05) is 30.5 Å². The summed E-state index contributed by atoms with van der Waals surface area (Å²) in [6.45, 7) is 7.27. The molecule has 3 aromatic rings. The van der Waals surface area contributed by atoms with Crippen LogP contribution in [0.5, 0.6) is 0 Å². The lowest BCUT2D eigenvalue weighted by molar-refractivity contribution is -0.123. The predicted molar refractivity (Wildman–Crippen MR) is 93.3 cm³/mol. The maximum Gasteiger partial charge on any atom is 0.242 e. The van der Waals surface area contributed by atoms with Crippen molar-refractivity contribution in [2.75, 3.05) is 0 Å². The van der Waals surface area contributed by atoms with E-state index < -0.39 is 0 Å². The number of hydrogen-bond donors (Lipinski definition) is 1. The summed E-state index contributed by atoms with van der Waals surface area (Å²) >= 11 is 0. The van der Waals surface area contributed by atoms with Gasteiger partial charge in [0.1, 0.15) is 6.54 Å². The summed E-state index contributed by atoms with van der Waals surface area (Å²) in [6, 6.07) is 7.86. The zero-order valence-corrected chi connectivity index (χ0v) is 14.3. The van der Waals surface area contributed by atoms with E-state index in [9.17, 15) is 4.79 Å². The summed E-state index contributed by atoms with van der Waals surface area (Å²) in [7, 11) is 0. The van der Waals surface area contributed by atoms with Crippen LogP contribution in [0.15, 0.2) is 49.2 Å². The second-order valence-corrected chi connectivity index (χ2v) is 7.13. The fourth-order valence-electron chi connectivity index (χ4n) is 2.63. The van der Waals surface area contributed by atoms with Crippen molar-refractivity contribution >= 4 is 16.8 Å². The molecule has 1 aromatic carbocycles. The molecular formula is C18H23N5O. The minimum atomic E-state index is -0.0608. The maximum atomic E-state index is 12.5. The highest BCUT2D eigenvalue weighted by molar-refractivity contribution is 5.79. The Labute approximate surface area is 141 Å². The van der Waals surface area contributed by atoms with Gasteiger partial charge in [-0.15, -0.1) is 0 Å². The number of carbonyl (C=O) groups is 1. The number of fused-ring (bicyclic) bond motifs is 1. The van der Waals surface area contributed by atoms with Gasteiger partial charge in [-0.05, 0) is 11.5 Å². The summed E-state index contributed by atoms with van der Waals surface area (Å²) in [5, 5.41) is 8.62. The van der Waals surface area contributed by atoms with E-state index in [1.165, 1.54) is 0 Å². The third kappa shape index (κ3) is 3.82.